The van der Waals surface area contributed by atoms with Gasteiger partial charge in [-0.25, -0.2) is 0 Å². The van der Waals surface area contributed by atoms with Crippen molar-refractivity contribution in [1.82, 2.24) is 4.90 Å². The fourth-order valence-electron chi connectivity index (χ4n) is 1.75. The molecule has 0 saturated carbocycles. The lowest BCUT2D eigenvalue weighted by Crippen LogP contribution is -2.45. The van der Waals surface area contributed by atoms with Crippen molar-refractivity contribution in [2.45, 2.75) is 46.1 Å². The number of nitrogens with zero attached hydrogens (tertiary/aromatic N) is 1. The van der Waals surface area contributed by atoms with Gasteiger partial charge in [0.05, 0.1) is 6.10 Å². The molecule has 3 heteroatoms. The van der Waals surface area contributed by atoms with Gasteiger partial charge in [-0.2, -0.15) is 0 Å². The summed E-state index contributed by atoms with van der Waals surface area (Å²) in [5.74, 6) is 0.189. The highest BCUT2D eigenvalue weighted by molar-refractivity contribution is 5.77. The summed E-state index contributed by atoms with van der Waals surface area (Å²) in [6.07, 6.45) is 2.01. The van der Waals surface area contributed by atoms with Gasteiger partial charge in [0.25, 0.3) is 0 Å². The van der Waals surface area contributed by atoms with Gasteiger partial charge < -0.3 is 10.0 Å². The van der Waals surface area contributed by atoms with Gasteiger partial charge >= 0.3 is 0 Å². The van der Waals surface area contributed by atoms with Crippen molar-refractivity contribution < 1.29 is 9.90 Å². The molecule has 0 bridgehead atoms. The Bertz CT molecular complexity index is 213. The Kier molecular flexibility index (Phi) is 3.53. The number of piperidine rings is 1. The Morgan fingerprint density at radius 2 is 2.21 bits per heavy atom. The molecule has 1 N–H and O–H groups in total. The van der Waals surface area contributed by atoms with E-state index in [2.05, 4.69) is 13.8 Å². The number of carbonyl (C=O) groups excluding carboxylic acids is 1. The van der Waals surface area contributed by atoms with Crippen LogP contribution in [0.4, 0.5) is 0 Å². The van der Waals surface area contributed by atoms with Gasteiger partial charge in [-0.15, -0.1) is 0 Å². The maximum absolute atomic E-state index is 11.7. The van der Waals surface area contributed by atoms with E-state index in [1.165, 1.54) is 0 Å². The topological polar surface area (TPSA) is 40.5 Å². The molecule has 0 aromatic heterocycles. The second-order valence-corrected chi connectivity index (χ2v) is 4.99. The van der Waals surface area contributed by atoms with Crippen LogP contribution in [0.25, 0.3) is 0 Å². The molecular weight excluding hydrogens is 178 g/mol. The molecule has 0 spiro atoms. The van der Waals surface area contributed by atoms with Crippen LogP contribution in [-0.4, -0.2) is 35.1 Å². The van der Waals surface area contributed by atoms with E-state index >= 15 is 0 Å². The molecule has 1 atom stereocenters. The third-order valence-electron chi connectivity index (χ3n) is 2.94. The van der Waals surface area contributed by atoms with E-state index in [4.69, 9.17) is 0 Å². The fraction of sp³-hybridized carbons (Fsp3) is 0.909. The maximum Gasteiger partial charge on any atom is 0.223 e. The molecule has 1 saturated heterocycles. The molecule has 1 fully saturated rings. The number of hydrogen-bond donors (Lipinski definition) is 1. The van der Waals surface area contributed by atoms with E-state index in [0.29, 0.717) is 19.4 Å². The van der Waals surface area contributed by atoms with E-state index < -0.39 is 0 Å². The lowest BCUT2D eigenvalue weighted by molar-refractivity contribution is -0.138. The molecule has 1 heterocycles. The van der Waals surface area contributed by atoms with Gasteiger partial charge in [-0.1, -0.05) is 20.8 Å². The minimum Gasteiger partial charge on any atom is -0.391 e. The number of carbonyl (C=O) groups is 1. The Balaban J connectivity index is 2.46. The van der Waals surface area contributed by atoms with E-state index in [9.17, 15) is 9.90 Å². The van der Waals surface area contributed by atoms with Crippen LogP contribution in [0.1, 0.15) is 40.0 Å². The first-order valence-electron chi connectivity index (χ1n) is 5.40. The normalized spacial score (nSPS) is 23.7. The quantitative estimate of drug-likeness (QED) is 0.746. The van der Waals surface area contributed by atoms with Gasteiger partial charge in [0.15, 0.2) is 0 Å². The average molecular weight is 199 g/mol. The number of aliphatic hydroxyl groups excluding tert-OH is 1. The first-order chi connectivity index (χ1) is 6.44. The molecule has 1 rings (SSSR count). The monoisotopic (exact) mass is 199 g/mol. The van der Waals surface area contributed by atoms with Crippen molar-refractivity contribution in [2.24, 2.45) is 5.41 Å². The first kappa shape index (κ1) is 11.5. The van der Waals surface area contributed by atoms with Crippen molar-refractivity contribution in [3.63, 3.8) is 0 Å². The minimum absolute atomic E-state index is 0.144. The van der Waals surface area contributed by atoms with Crippen molar-refractivity contribution in [2.75, 3.05) is 13.1 Å². The number of β-amino-alcohol motifs (C(OH)–C–C–N with tert-alkyl or cyclic N) is 1. The molecule has 0 aromatic carbocycles. The Morgan fingerprint density at radius 3 is 2.71 bits per heavy atom. The predicted molar refractivity (Wildman–Crippen MR) is 55.9 cm³/mol. The molecule has 1 aliphatic rings. The molecule has 1 aliphatic heterocycles. The second kappa shape index (κ2) is 4.30. The van der Waals surface area contributed by atoms with Gasteiger partial charge in [-0.3, -0.25) is 4.79 Å². The molecule has 1 unspecified atom stereocenters. The van der Waals surface area contributed by atoms with Crippen LogP contribution in [0.2, 0.25) is 0 Å². The summed E-state index contributed by atoms with van der Waals surface area (Å²) < 4.78 is 0. The van der Waals surface area contributed by atoms with Crippen molar-refractivity contribution in [1.29, 1.82) is 0 Å². The van der Waals surface area contributed by atoms with E-state index in [0.717, 1.165) is 13.0 Å². The Hall–Kier alpha value is -0.570. The summed E-state index contributed by atoms with van der Waals surface area (Å²) in [6, 6.07) is 0. The number of likely N-dealkylation sites (tertiary alicyclic amines) is 1. The summed E-state index contributed by atoms with van der Waals surface area (Å²) >= 11 is 0. The molecule has 0 aliphatic carbocycles. The van der Waals surface area contributed by atoms with Crippen LogP contribution in [-0.2, 0) is 4.79 Å². The summed E-state index contributed by atoms with van der Waals surface area (Å²) in [4.78, 5) is 13.5. The number of hydrogen-bond acceptors (Lipinski definition) is 2. The standard InChI is InChI=1S/C11H21NO2/c1-4-9(13)8-12-6-5-11(2,3)7-10(12)14/h9,13H,4-8H2,1-3H3. The highest BCUT2D eigenvalue weighted by atomic mass is 16.3. The molecule has 0 aromatic rings. The van der Waals surface area contributed by atoms with Crippen molar-refractivity contribution in [3.05, 3.63) is 0 Å². The largest absolute Gasteiger partial charge is 0.391 e. The highest BCUT2D eigenvalue weighted by Gasteiger charge is 2.31. The van der Waals surface area contributed by atoms with E-state index in [1.807, 2.05) is 6.92 Å². The van der Waals surface area contributed by atoms with Crippen LogP contribution in [0.3, 0.4) is 0 Å². The Morgan fingerprint density at radius 1 is 1.57 bits per heavy atom. The molecule has 1 amide bonds. The zero-order valence-corrected chi connectivity index (χ0v) is 9.42. The first-order valence-corrected chi connectivity index (χ1v) is 5.40. The van der Waals surface area contributed by atoms with Crippen molar-refractivity contribution >= 4 is 5.91 Å². The molecular formula is C11H21NO2. The SMILES string of the molecule is CCC(O)CN1CCC(C)(C)CC1=O. The number of rotatable bonds is 3. The highest BCUT2D eigenvalue weighted by Crippen LogP contribution is 2.30. The lowest BCUT2D eigenvalue weighted by Gasteiger charge is -2.37. The fourth-order valence-corrected chi connectivity index (χ4v) is 1.75. The van der Waals surface area contributed by atoms with Gasteiger partial charge in [0.2, 0.25) is 5.91 Å². The molecule has 14 heavy (non-hydrogen) atoms. The average Bonchev–Trinajstić information content (AvgIpc) is 2.09. The number of amides is 1. The van der Waals surface area contributed by atoms with Crippen LogP contribution in [0.5, 0.6) is 0 Å². The minimum atomic E-state index is -0.361. The zero-order valence-electron chi connectivity index (χ0n) is 9.42. The summed E-state index contributed by atoms with van der Waals surface area (Å²) in [5, 5.41) is 9.46. The molecule has 0 radical (unpaired) electrons. The maximum atomic E-state index is 11.7. The van der Waals surface area contributed by atoms with Crippen LogP contribution < -0.4 is 0 Å². The van der Waals surface area contributed by atoms with Gasteiger partial charge in [0, 0.05) is 19.5 Å². The molecule has 82 valence electrons. The van der Waals surface area contributed by atoms with Crippen molar-refractivity contribution in [3.8, 4) is 0 Å². The van der Waals surface area contributed by atoms with E-state index in [1.54, 1.807) is 4.90 Å². The van der Waals surface area contributed by atoms with Crippen LogP contribution in [0.15, 0.2) is 0 Å². The van der Waals surface area contributed by atoms with Crippen LogP contribution in [0, 0.1) is 5.41 Å². The second-order valence-electron chi connectivity index (χ2n) is 4.99. The summed E-state index contributed by atoms with van der Waals surface area (Å²) in [5.41, 5.74) is 0.144. The summed E-state index contributed by atoms with van der Waals surface area (Å²) in [7, 11) is 0. The number of aliphatic hydroxyl groups is 1. The third kappa shape index (κ3) is 2.98. The zero-order chi connectivity index (χ0) is 10.8. The Labute approximate surface area is 86.1 Å². The van der Waals surface area contributed by atoms with Gasteiger partial charge in [-0.05, 0) is 18.3 Å². The lowest BCUT2D eigenvalue weighted by atomic mass is 9.82. The third-order valence-corrected chi connectivity index (χ3v) is 2.94. The van der Waals surface area contributed by atoms with Crippen LogP contribution >= 0.6 is 0 Å². The summed E-state index contributed by atoms with van der Waals surface area (Å²) in [6.45, 7) is 7.48. The molecule has 3 nitrogen and oxygen atoms in total. The van der Waals surface area contributed by atoms with Gasteiger partial charge in [0.1, 0.15) is 0 Å². The predicted octanol–water partition coefficient (Wildman–Crippen LogP) is 1.41. The smallest absolute Gasteiger partial charge is 0.223 e. The van der Waals surface area contributed by atoms with E-state index in [-0.39, 0.29) is 17.4 Å².